The molecule has 0 amide bonds. The lowest BCUT2D eigenvalue weighted by atomic mass is 9.91. The van der Waals surface area contributed by atoms with E-state index in [0.29, 0.717) is 4.90 Å². The van der Waals surface area contributed by atoms with E-state index in [4.69, 9.17) is 0 Å². The molecule has 0 aliphatic heterocycles. The van der Waals surface area contributed by atoms with Gasteiger partial charge in [-0.2, -0.15) is 0 Å². The van der Waals surface area contributed by atoms with E-state index in [9.17, 15) is 16.8 Å². The second-order valence-electron chi connectivity index (χ2n) is 11.0. The number of allylic oxidation sites excluding steroid dienone is 2. The van der Waals surface area contributed by atoms with Crippen molar-refractivity contribution in [1.29, 1.82) is 0 Å². The first-order chi connectivity index (χ1) is 20.4. The van der Waals surface area contributed by atoms with Crippen molar-refractivity contribution in [3.05, 3.63) is 132 Å². The molecule has 0 saturated heterocycles. The minimum atomic E-state index is -3.25. The predicted octanol–water partition coefficient (Wildman–Crippen LogP) is 8.66. The summed E-state index contributed by atoms with van der Waals surface area (Å²) in [6.45, 7) is 6.30. The second-order valence-corrected chi connectivity index (χ2v) is 15.0. The summed E-state index contributed by atoms with van der Waals surface area (Å²) in [6, 6.07) is 33.1. The van der Waals surface area contributed by atoms with Gasteiger partial charge in [-0.15, -0.1) is 0 Å². The number of aryl methyl sites for hydroxylation is 1. The molecule has 214 valence electrons. The molecule has 0 aliphatic carbocycles. The van der Waals surface area contributed by atoms with Crippen molar-refractivity contribution in [2.24, 2.45) is 0 Å². The third-order valence-corrected chi connectivity index (χ3v) is 10.3. The van der Waals surface area contributed by atoms with E-state index in [1.807, 2.05) is 18.2 Å². The Morgan fingerprint density at radius 1 is 0.581 bits per heavy atom. The van der Waals surface area contributed by atoms with Gasteiger partial charge >= 0.3 is 0 Å². The number of rotatable bonds is 6. The molecule has 0 bridgehead atoms. The number of benzene rings is 6. The van der Waals surface area contributed by atoms with Gasteiger partial charge in [-0.05, 0) is 103 Å². The van der Waals surface area contributed by atoms with Crippen molar-refractivity contribution in [3.8, 4) is 11.1 Å². The van der Waals surface area contributed by atoms with Crippen LogP contribution in [0.1, 0.15) is 16.7 Å². The topological polar surface area (TPSA) is 68.3 Å². The molecular formula is C37H30O4S2. The van der Waals surface area contributed by atoms with Gasteiger partial charge in [0.1, 0.15) is 0 Å². The highest BCUT2D eigenvalue weighted by atomic mass is 32.2. The summed E-state index contributed by atoms with van der Waals surface area (Å²) in [5.41, 5.74) is 5.92. The van der Waals surface area contributed by atoms with Crippen LogP contribution in [0.5, 0.6) is 0 Å². The van der Waals surface area contributed by atoms with Gasteiger partial charge in [-0.25, -0.2) is 16.8 Å². The van der Waals surface area contributed by atoms with E-state index in [1.54, 1.807) is 36.4 Å². The lowest BCUT2D eigenvalue weighted by molar-refractivity contribution is 0.600. The molecule has 0 saturated carbocycles. The maximum atomic E-state index is 11.9. The minimum absolute atomic E-state index is 0.289. The van der Waals surface area contributed by atoms with Crippen LogP contribution in [0, 0.1) is 6.92 Å². The van der Waals surface area contributed by atoms with Gasteiger partial charge in [-0.1, -0.05) is 91.5 Å². The van der Waals surface area contributed by atoms with Crippen LogP contribution in [0.4, 0.5) is 0 Å². The number of sulfone groups is 2. The number of hydrogen-bond donors (Lipinski definition) is 0. The smallest absolute Gasteiger partial charge is 0.175 e. The van der Waals surface area contributed by atoms with Crippen molar-refractivity contribution < 1.29 is 16.8 Å². The van der Waals surface area contributed by atoms with Crippen molar-refractivity contribution in [2.45, 2.75) is 16.7 Å². The van der Waals surface area contributed by atoms with Gasteiger partial charge in [0, 0.05) is 12.5 Å². The van der Waals surface area contributed by atoms with Crippen LogP contribution >= 0.6 is 0 Å². The van der Waals surface area contributed by atoms with Crippen molar-refractivity contribution in [2.75, 3.05) is 12.5 Å². The van der Waals surface area contributed by atoms with E-state index < -0.39 is 19.7 Å². The monoisotopic (exact) mass is 602 g/mol. The Bertz CT molecular complexity index is 2330. The molecule has 0 unspecified atom stereocenters. The molecule has 0 aliphatic rings. The summed E-state index contributed by atoms with van der Waals surface area (Å²) in [6.07, 6.45) is 6.48. The highest BCUT2D eigenvalue weighted by molar-refractivity contribution is 7.91. The maximum absolute atomic E-state index is 11.9. The molecule has 0 aromatic heterocycles. The zero-order valence-corrected chi connectivity index (χ0v) is 25.8. The Hall–Kier alpha value is -4.52. The summed E-state index contributed by atoms with van der Waals surface area (Å²) in [5.74, 6) is 0. The van der Waals surface area contributed by atoms with Crippen molar-refractivity contribution in [3.63, 3.8) is 0 Å². The Labute approximate surface area is 252 Å². The van der Waals surface area contributed by atoms with E-state index in [0.717, 1.165) is 60.3 Å². The van der Waals surface area contributed by atoms with E-state index >= 15 is 0 Å². The fourth-order valence-corrected chi connectivity index (χ4v) is 6.85. The maximum Gasteiger partial charge on any atom is 0.175 e. The number of fused-ring (bicyclic) bond motifs is 5. The standard InChI is InChI=1S/C37H30O4S2/c1-24(26-7-13-30(14-8-26)42(3,38)39)5-17-32-25(2)6-18-36-34(32)21-22-35-33-19-11-28(23-29(33)12-20-37(35)36)27-9-15-31(16-10-27)43(4,40)41/h5-23H,1H2,2-4H3/b17-5-. The van der Waals surface area contributed by atoms with Crippen LogP contribution < -0.4 is 0 Å². The van der Waals surface area contributed by atoms with Gasteiger partial charge in [-0.3, -0.25) is 0 Å². The highest BCUT2D eigenvalue weighted by Crippen LogP contribution is 2.36. The summed E-state index contributed by atoms with van der Waals surface area (Å²) >= 11 is 0. The lowest BCUT2D eigenvalue weighted by Gasteiger charge is -2.13. The second kappa shape index (κ2) is 10.6. The van der Waals surface area contributed by atoms with Gasteiger partial charge in [0.15, 0.2) is 19.7 Å². The first-order valence-corrected chi connectivity index (χ1v) is 17.6. The SMILES string of the molecule is C=C(/C=C\c1c(C)ccc2c1ccc1c3ccc(-c4ccc(S(C)(=O)=O)cc4)cc3ccc21)c1ccc(S(C)(=O)=O)cc1. The fraction of sp³-hybridized carbons (Fsp3) is 0.0811. The quantitative estimate of drug-likeness (QED) is 0.141. The highest BCUT2D eigenvalue weighted by Gasteiger charge is 2.11. The molecule has 0 heterocycles. The Kier molecular flexibility index (Phi) is 7.07. The Morgan fingerprint density at radius 3 is 1.72 bits per heavy atom. The van der Waals surface area contributed by atoms with Crippen LogP contribution in [0.25, 0.3) is 55.1 Å². The third kappa shape index (κ3) is 5.52. The summed E-state index contributed by atoms with van der Waals surface area (Å²) < 4.78 is 47.3. The average molecular weight is 603 g/mol. The summed E-state index contributed by atoms with van der Waals surface area (Å²) in [7, 11) is -6.49. The largest absolute Gasteiger partial charge is 0.224 e. The fourth-order valence-electron chi connectivity index (χ4n) is 5.59. The summed E-state index contributed by atoms with van der Waals surface area (Å²) in [5, 5.41) is 6.90. The van der Waals surface area contributed by atoms with Gasteiger partial charge in [0.2, 0.25) is 0 Å². The van der Waals surface area contributed by atoms with Crippen LogP contribution in [0.3, 0.4) is 0 Å². The van der Waals surface area contributed by atoms with Crippen LogP contribution in [-0.2, 0) is 19.7 Å². The van der Waals surface area contributed by atoms with Gasteiger partial charge < -0.3 is 0 Å². The first kappa shape index (κ1) is 28.6. The average Bonchev–Trinajstić information content (AvgIpc) is 2.99. The molecule has 6 heteroatoms. The zero-order valence-electron chi connectivity index (χ0n) is 24.1. The van der Waals surface area contributed by atoms with Crippen molar-refractivity contribution in [1.82, 2.24) is 0 Å². The molecule has 6 rings (SSSR count). The lowest BCUT2D eigenvalue weighted by Crippen LogP contribution is -1.96. The molecule has 0 radical (unpaired) electrons. The number of hydrogen-bond acceptors (Lipinski definition) is 4. The molecule has 0 fully saturated rings. The van der Waals surface area contributed by atoms with E-state index in [2.05, 4.69) is 74.2 Å². The van der Waals surface area contributed by atoms with Crippen LogP contribution in [-0.4, -0.2) is 29.3 Å². The first-order valence-electron chi connectivity index (χ1n) is 13.8. The third-order valence-electron chi connectivity index (χ3n) is 7.99. The van der Waals surface area contributed by atoms with E-state index in [-0.39, 0.29) is 4.90 Å². The molecule has 6 aromatic rings. The molecule has 0 N–H and O–H groups in total. The zero-order chi connectivity index (χ0) is 30.5. The molecule has 4 nitrogen and oxygen atoms in total. The van der Waals surface area contributed by atoms with Crippen molar-refractivity contribution >= 4 is 63.6 Å². The molecule has 0 spiro atoms. The Morgan fingerprint density at radius 2 is 1.07 bits per heavy atom. The predicted molar refractivity (Wildman–Crippen MR) is 180 cm³/mol. The molecular weight excluding hydrogens is 573 g/mol. The van der Waals surface area contributed by atoms with E-state index in [1.165, 1.54) is 17.9 Å². The Balaban J connectivity index is 1.37. The summed E-state index contributed by atoms with van der Waals surface area (Å²) in [4.78, 5) is 0.601. The van der Waals surface area contributed by atoms with Crippen LogP contribution in [0.2, 0.25) is 0 Å². The minimum Gasteiger partial charge on any atom is -0.224 e. The molecule has 0 atom stereocenters. The van der Waals surface area contributed by atoms with Crippen LogP contribution in [0.15, 0.2) is 126 Å². The molecule has 6 aromatic carbocycles. The van der Waals surface area contributed by atoms with Gasteiger partial charge in [0.05, 0.1) is 9.79 Å². The molecule has 43 heavy (non-hydrogen) atoms. The normalized spacial score (nSPS) is 12.4. The van der Waals surface area contributed by atoms with Gasteiger partial charge in [0.25, 0.3) is 0 Å².